The van der Waals surface area contributed by atoms with Crippen LogP contribution in [0.4, 0.5) is 5.82 Å². The van der Waals surface area contributed by atoms with Gasteiger partial charge in [-0.05, 0) is 41.9 Å². The van der Waals surface area contributed by atoms with Crippen LogP contribution in [0.2, 0.25) is 0 Å². The molecule has 2 rings (SSSR count). The number of hydrogen-bond donors (Lipinski definition) is 2. The molecular weight excluding hydrogens is 282 g/mol. The smallest absolute Gasteiger partial charge is 0.258 e. The van der Waals surface area contributed by atoms with Crippen LogP contribution in [0.1, 0.15) is 21.6 Å². The number of nitrogens with one attached hydrogen (secondary N) is 2. The molecule has 0 spiro atoms. The first kappa shape index (κ1) is 11.9. The normalized spacial score (nSPS) is 10.3. The molecule has 0 unspecified atom stereocenters. The summed E-state index contributed by atoms with van der Waals surface area (Å²) >= 11 is 3.34. The summed E-state index contributed by atoms with van der Waals surface area (Å²) in [6.45, 7) is 3.82. The van der Waals surface area contributed by atoms with Gasteiger partial charge < -0.3 is 5.32 Å². The van der Waals surface area contributed by atoms with Gasteiger partial charge in [0.1, 0.15) is 0 Å². The number of hydrogen-bond acceptors (Lipinski definition) is 2. The Hall–Kier alpha value is -1.62. The van der Waals surface area contributed by atoms with Crippen molar-refractivity contribution in [2.75, 3.05) is 5.32 Å². The zero-order valence-corrected chi connectivity index (χ0v) is 11.1. The van der Waals surface area contributed by atoms with Gasteiger partial charge in [0.15, 0.2) is 5.82 Å². The van der Waals surface area contributed by atoms with E-state index < -0.39 is 0 Å². The Morgan fingerprint density at radius 3 is 2.65 bits per heavy atom. The number of halogens is 1. The Morgan fingerprint density at radius 1 is 1.35 bits per heavy atom. The number of anilines is 1. The number of carbonyl (C=O) groups excluding carboxylic acids is 1. The molecule has 1 heterocycles. The highest BCUT2D eigenvalue weighted by Crippen LogP contribution is 2.19. The fraction of sp³-hybridized carbons (Fsp3) is 0.167. The van der Waals surface area contributed by atoms with E-state index in [9.17, 15) is 4.79 Å². The Labute approximate surface area is 108 Å². The van der Waals surface area contributed by atoms with Crippen LogP contribution in [0.3, 0.4) is 0 Å². The van der Waals surface area contributed by atoms with Gasteiger partial charge in [0.05, 0.1) is 5.56 Å². The minimum absolute atomic E-state index is 0.174. The molecule has 0 saturated heterocycles. The number of nitrogens with zero attached hydrogens (tertiary/aromatic N) is 1. The molecule has 88 valence electrons. The highest BCUT2D eigenvalue weighted by Gasteiger charge is 2.13. The van der Waals surface area contributed by atoms with Gasteiger partial charge in [0.2, 0.25) is 0 Å². The van der Waals surface area contributed by atoms with Crippen molar-refractivity contribution >= 4 is 27.7 Å². The first-order valence-electron chi connectivity index (χ1n) is 5.17. The largest absolute Gasteiger partial charge is 0.305 e. The van der Waals surface area contributed by atoms with Crippen LogP contribution in [0.5, 0.6) is 0 Å². The van der Waals surface area contributed by atoms with Gasteiger partial charge in [-0.25, -0.2) is 0 Å². The zero-order chi connectivity index (χ0) is 12.4. The summed E-state index contributed by atoms with van der Waals surface area (Å²) in [5.41, 5.74) is 2.49. The molecule has 1 amide bonds. The van der Waals surface area contributed by atoms with Gasteiger partial charge in [-0.1, -0.05) is 12.1 Å². The number of rotatable bonds is 2. The van der Waals surface area contributed by atoms with Crippen molar-refractivity contribution in [3.05, 3.63) is 45.6 Å². The summed E-state index contributed by atoms with van der Waals surface area (Å²) < 4.78 is 0.766. The van der Waals surface area contributed by atoms with E-state index >= 15 is 0 Å². The lowest BCUT2D eigenvalue weighted by molar-refractivity contribution is 0.102. The third-order valence-corrected chi connectivity index (χ3v) is 3.30. The highest BCUT2D eigenvalue weighted by atomic mass is 79.9. The predicted octanol–water partition coefficient (Wildman–Crippen LogP) is 3.04. The van der Waals surface area contributed by atoms with Gasteiger partial charge in [-0.2, -0.15) is 5.10 Å². The van der Waals surface area contributed by atoms with Crippen LogP contribution in [0, 0.1) is 13.8 Å². The lowest BCUT2D eigenvalue weighted by atomic mass is 10.2. The van der Waals surface area contributed by atoms with E-state index in [0.717, 1.165) is 15.7 Å². The molecule has 2 N–H and O–H groups in total. The number of amides is 1. The van der Waals surface area contributed by atoms with Crippen LogP contribution >= 0.6 is 15.9 Å². The first-order valence-corrected chi connectivity index (χ1v) is 5.96. The van der Waals surface area contributed by atoms with Gasteiger partial charge in [-0.15, -0.1) is 0 Å². The van der Waals surface area contributed by atoms with E-state index in [1.165, 1.54) is 0 Å². The average Bonchev–Trinajstić information content (AvgIpc) is 2.61. The van der Waals surface area contributed by atoms with Crippen molar-refractivity contribution < 1.29 is 4.79 Å². The number of aromatic amines is 1. The lowest BCUT2D eigenvalue weighted by Gasteiger charge is -2.04. The Kier molecular flexibility index (Phi) is 3.28. The second kappa shape index (κ2) is 4.71. The van der Waals surface area contributed by atoms with E-state index in [1.807, 2.05) is 32.0 Å². The van der Waals surface area contributed by atoms with Gasteiger partial charge in [0, 0.05) is 15.7 Å². The molecule has 1 aromatic heterocycles. The zero-order valence-electron chi connectivity index (χ0n) is 9.54. The molecule has 0 bridgehead atoms. The van der Waals surface area contributed by atoms with Crippen molar-refractivity contribution in [2.24, 2.45) is 0 Å². The fourth-order valence-corrected chi connectivity index (χ4v) is 1.89. The molecule has 0 atom stereocenters. The Balaban J connectivity index is 2.23. The van der Waals surface area contributed by atoms with E-state index in [1.54, 1.807) is 6.07 Å². The van der Waals surface area contributed by atoms with E-state index in [2.05, 4.69) is 31.4 Å². The summed E-state index contributed by atoms with van der Waals surface area (Å²) in [4.78, 5) is 12.0. The quantitative estimate of drug-likeness (QED) is 0.894. The molecule has 5 heteroatoms. The molecule has 0 fully saturated rings. The number of carbonyl (C=O) groups is 1. The minimum Gasteiger partial charge on any atom is -0.305 e. The first-order chi connectivity index (χ1) is 8.09. The molecule has 2 aromatic rings. The number of aryl methyl sites for hydroxylation is 1. The summed E-state index contributed by atoms with van der Waals surface area (Å²) in [6.07, 6.45) is 0. The number of benzene rings is 1. The molecule has 4 nitrogen and oxygen atoms in total. The summed E-state index contributed by atoms with van der Waals surface area (Å²) in [5.74, 6) is 0.398. The minimum atomic E-state index is -0.174. The Bertz CT molecular complexity index is 563. The standard InChI is InChI=1S/C12H12BrN3O/c1-7-8(2)15-16-11(7)14-12(17)9-5-3-4-6-10(9)13/h3-6H,1-2H3,(H2,14,15,16,17). The van der Waals surface area contributed by atoms with Gasteiger partial charge in [0.25, 0.3) is 5.91 Å². The van der Waals surface area contributed by atoms with E-state index in [4.69, 9.17) is 0 Å². The molecule has 17 heavy (non-hydrogen) atoms. The molecule has 0 aliphatic rings. The predicted molar refractivity (Wildman–Crippen MR) is 70.2 cm³/mol. The second-order valence-electron chi connectivity index (χ2n) is 3.76. The highest BCUT2D eigenvalue weighted by molar-refractivity contribution is 9.10. The number of H-pyrrole nitrogens is 1. The van der Waals surface area contributed by atoms with Crippen LogP contribution in [-0.2, 0) is 0 Å². The van der Waals surface area contributed by atoms with E-state index in [0.29, 0.717) is 11.4 Å². The fourth-order valence-electron chi connectivity index (χ4n) is 1.43. The van der Waals surface area contributed by atoms with Crippen molar-refractivity contribution in [2.45, 2.75) is 13.8 Å². The van der Waals surface area contributed by atoms with Crippen molar-refractivity contribution in [1.29, 1.82) is 0 Å². The maximum Gasteiger partial charge on any atom is 0.258 e. The van der Waals surface area contributed by atoms with Gasteiger partial charge >= 0.3 is 0 Å². The van der Waals surface area contributed by atoms with Crippen LogP contribution < -0.4 is 5.32 Å². The third kappa shape index (κ3) is 2.39. The molecule has 1 aromatic carbocycles. The van der Waals surface area contributed by atoms with Crippen LogP contribution in [-0.4, -0.2) is 16.1 Å². The lowest BCUT2D eigenvalue weighted by Crippen LogP contribution is -2.13. The average molecular weight is 294 g/mol. The maximum absolute atomic E-state index is 12.0. The van der Waals surface area contributed by atoms with Crippen molar-refractivity contribution in [3.63, 3.8) is 0 Å². The summed E-state index contributed by atoms with van der Waals surface area (Å²) in [7, 11) is 0. The van der Waals surface area contributed by atoms with E-state index in [-0.39, 0.29) is 5.91 Å². The van der Waals surface area contributed by atoms with Crippen molar-refractivity contribution in [1.82, 2.24) is 10.2 Å². The third-order valence-electron chi connectivity index (χ3n) is 2.60. The second-order valence-corrected chi connectivity index (χ2v) is 4.61. The van der Waals surface area contributed by atoms with Crippen LogP contribution in [0.25, 0.3) is 0 Å². The monoisotopic (exact) mass is 293 g/mol. The molecule has 0 radical (unpaired) electrons. The molecule has 0 aliphatic heterocycles. The summed E-state index contributed by atoms with van der Waals surface area (Å²) in [5, 5.41) is 9.65. The SMILES string of the molecule is Cc1[nH]nc(NC(=O)c2ccccc2Br)c1C. The molecular formula is C12H12BrN3O. The summed E-state index contributed by atoms with van der Waals surface area (Å²) in [6, 6.07) is 7.28. The van der Waals surface area contributed by atoms with Gasteiger partial charge in [-0.3, -0.25) is 9.89 Å². The molecule has 0 saturated carbocycles. The number of aromatic nitrogens is 2. The van der Waals surface area contributed by atoms with Crippen LogP contribution in [0.15, 0.2) is 28.7 Å². The maximum atomic E-state index is 12.0. The molecule has 0 aliphatic carbocycles. The Morgan fingerprint density at radius 2 is 2.06 bits per heavy atom. The topological polar surface area (TPSA) is 57.8 Å². The van der Waals surface area contributed by atoms with Crippen molar-refractivity contribution in [3.8, 4) is 0 Å².